The Kier molecular flexibility index (Phi) is 8.46. The molecule has 0 bridgehead atoms. The standard InChI is InChI=1S/C34H33FN6O6/c1-17-26(16-23-22-14-19(35)6-9-25(22)39-30(23)43)38-18(2)29(17)32(45)37-13-5-3-4-12-36-20-7-8-21-24(15-20)34(47)41(33(21)46)27-10-11-28(42)40-31(27)44/h6-9,14-16,27,36,38H,3-5,10-13H2,1-2H3,(H,37,45)(H,39,43)(H,40,42,44). The zero-order chi connectivity index (χ0) is 33.4. The SMILES string of the molecule is Cc1[nH]c(C=C2C(=O)Nc3ccc(F)cc32)c(C)c1C(=O)NCCCCCNc1ccc2c(c1)C(=O)N(C1CCC(=O)NC1=O)C2=O. The highest BCUT2D eigenvalue weighted by molar-refractivity contribution is 6.35. The predicted molar refractivity (Wildman–Crippen MR) is 171 cm³/mol. The lowest BCUT2D eigenvalue weighted by atomic mass is 10.0. The van der Waals surface area contributed by atoms with Crippen LogP contribution in [-0.2, 0) is 14.4 Å². The lowest BCUT2D eigenvalue weighted by Gasteiger charge is -2.27. The fourth-order valence-electron chi connectivity index (χ4n) is 6.24. The van der Waals surface area contributed by atoms with Crippen LogP contribution >= 0.6 is 0 Å². The summed E-state index contributed by atoms with van der Waals surface area (Å²) in [5.41, 5.74) is 4.86. The molecule has 1 unspecified atom stereocenters. The zero-order valence-electron chi connectivity index (χ0n) is 25.8. The topological polar surface area (TPSA) is 170 Å². The minimum Gasteiger partial charge on any atom is -0.385 e. The Labute approximate surface area is 269 Å². The van der Waals surface area contributed by atoms with Gasteiger partial charge in [0.25, 0.3) is 23.6 Å². The first kappa shape index (κ1) is 31.4. The van der Waals surface area contributed by atoms with Crippen LogP contribution in [0.3, 0.4) is 0 Å². The van der Waals surface area contributed by atoms with E-state index in [0.717, 1.165) is 24.2 Å². The Balaban J connectivity index is 0.973. The molecule has 1 atom stereocenters. The number of aromatic nitrogens is 1. The minimum atomic E-state index is -1.01. The van der Waals surface area contributed by atoms with Gasteiger partial charge in [-0.15, -0.1) is 0 Å². The number of imide groups is 2. The van der Waals surface area contributed by atoms with E-state index in [1.165, 1.54) is 18.2 Å². The predicted octanol–water partition coefficient (Wildman–Crippen LogP) is 3.68. The van der Waals surface area contributed by atoms with Crippen molar-refractivity contribution < 1.29 is 33.2 Å². The number of aromatic amines is 1. The number of carbonyl (C=O) groups is 6. The van der Waals surface area contributed by atoms with Crippen LogP contribution in [0.25, 0.3) is 11.6 Å². The number of H-pyrrole nitrogens is 1. The number of unbranched alkanes of at least 4 members (excludes halogenated alkanes) is 2. The first-order chi connectivity index (χ1) is 22.5. The van der Waals surface area contributed by atoms with Crippen molar-refractivity contribution in [3.8, 4) is 0 Å². The highest BCUT2D eigenvalue weighted by Crippen LogP contribution is 2.34. The van der Waals surface area contributed by atoms with E-state index in [1.807, 2.05) is 0 Å². The molecular weight excluding hydrogens is 607 g/mol. The van der Waals surface area contributed by atoms with Crippen molar-refractivity contribution in [3.05, 3.63) is 81.4 Å². The van der Waals surface area contributed by atoms with Crippen LogP contribution in [0.4, 0.5) is 15.8 Å². The lowest BCUT2D eigenvalue weighted by molar-refractivity contribution is -0.136. The number of amides is 6. The third-order valence-electron chi connectivity index (χ3n) is 8.66. The molecule has 3 aromatic rings. The molecule has 12 nitrogen and oxygen atoms in total. The molecule has 13 heteroatoms. The molecule has 0 spiro atoms. The number of piperidine rings is 1. The number of nitrogens with one attached hydrogen (secondary N) is 5. The van der Waals surface area contributed by atoms with Crippen LogP contribution in [0.1, 0.15) is 85.7 Å². The Morgan fingerprint density at radius 3 is 2.49 bits per heavy atom. The molecule has 5 N–H and O–H groups in total. The van der Waals surface area contributed by atoms with Crippen molar-refractivity contribution in [1.29, 1.82) is 0 Å². The minimum absolute atomic E-state index is 0.0617. The van der Waals surface area contributed by atoms with E-state index >= 15 is 0 Å². The number of hydrogen-bond donors (Lipinski definition) is 5. The molecule has 1 aromatic heterocycles. The van der Waals surface area contributed by atoms with Crippen LogP contribution in [-0.4, -0.2) is 64.5 Å². The quantitative estimate of drug-likeness (QED) is 0.128. The maximum atomic E-state index is 13.8. The number of fused-ring (bicyclic) bond motifs is 2. The summed E-state index contributed by atoms with van der Waals surface area (Å²) in [6, 6.07) is 7.97. The first-order valence-electron chi connectivity index (χ1n) is 15.4. The molecular formula is C34H33FN6O6. The highest BCUT2D eigenvalue weighted by atomic mass is 19.1. The molecule has 0 aliphatic carbocycles. The Hall–Kier alpha value is -5.59. The Bertz CT molecular complexity index is 1900. The van der Waals surface area contributed by atoms with Crippen LogP contribution in [0, 0.1) is 19.7 Å². The van der Waals surface area contributed by atoms with E-state index in [-0.39, 0.29) is 35.8 Å². The molecule has 1 fully saturated rings. The maximum Gasteiger partial charge on any atom is 0.262 e. The molecule has 0 saturated carbocycles. The summed E-state index contributed by atoms with van der Waals surface area (Å²) in [7, 11) is 0. The summed E-state index contributed by atoms with van der Waals surface area (Å²) in [5, 5.41) is 11.1. The van der Waals surface area contributed by atoms with Crippen LogP contribution < -0.4 is 21.3 Å². The van der Waals surface area contributed by atoms with Gasteiger partial charge in [-0.3, -0.25) is 39.0 Å². The van der Waals surface area contributed by atoms with Crippen molar-refractivity contribution in [2.75, 3.05) is 23.7 Å². The zero-order valence-corrected chi connectivity index (χ0v) is 25.8. The molecule has 47 heavy (non-hydrogen) atoms. The first-order valence-corrected chi connectivity index (χ1v) is 15.4. The number of halogens is 1. The second kappa shape index (κ2) is 12.7. The van der Waals surface area contributed by atoms with Gasteiger partial charge in [-0.25, -0.2) is 4.39 Å². The van der Waals surface area contributed by atoms with E-state index in [1.54, 1.807) is 38.1 Å². The Morgan fingerprint density at radius 1 is 0.936 bits per heavy atom. The van der Waals surface area contributed by atoms with Crippen molar-refractivity contribution in [1.82, 2.24) is 20.5 Å². The number of rotatable bonds is 10. The average Bonchev–Trinajstić information content (AvgIpc) is 3.59. The van der Waals surface area contributed by atoms with Gasteiger partial charge >= 0.3 is 0 Å². The molecule has 6 rings (SSSR count). The summed E-state index contributed by atoms with van der Waals surface area (Å²) >= 11 is 0. The molecule has 0 radical (unpaired) electrons. The lowest BCUT2D eigenvalue weighted by Crippen LogP contribution is -2.54. The fraction of sp³-hybridized carbons (Fsp3) is 0.294. The monoisotopic (exact) mass is 640 g/mol. The third-order valence-corrected chi connectivity index (χ3v) is 8.66. The van der Waals surface area contributed by atoms with Crippen molar-refractivity contribution in [2.24, 2.45) is 0 Å². The van der Waals surface area contributed by atoms with Crippen LogP contribution in [0.15, 0.2) is 36.4 Å². The highest BCUT2D eigenvalue weighted by Gasteiger charge is 2.44. The van der Waals surface area contributed by atoms with Gasteiger partial charge in [0.1, 0.15) is 11.9 Å². The van der Waals surface area contributed by atoms with E-state index in [2.05, 4.69) is 26.3 Å². The van der Waals surface area contributed by atoms with Crippen LogP contribution in [0.5, 0.6) is 0 Å². The normalized spacial score (nSPS) is 17.9. The largest absolute Gasteiger partial charge is 0.385 e. The fourth-order valence-corrected chi connectivity index (χ4v) is 6.24. The molecule has 242 valence electrons. The Morgan fingerprint density at radius 2 is 1.70 bits per heavy atom. The summed E-state index contributed by atoms with van der Waals surface area (Å²) in [4.78, 5) is 79.3. The van der Waals surface area contributed by atoms with Gasteiger partial charge in [-0.05, 0) is 87.6 Å². The molecule has 6 amide bonds. The van der Waals surface area contributed by atoms with Gasteiger partial charge in [0, 0.05) is 47.8 Å². The van der Waals surface area contributed by atoms with Crippen molar-refractivity contribution >= 4 is 58.5 Å². The second-order valence-corrected chi connectivity index (χ2v) is 11.8. The number of carbonyl (C=O) groups excluding carboxylic acids is 6. The van der Waals surface area contributed by atoms with Gasteiger partial charge < -0.3 is 20.9 Å². The number of nitrogens with zero attached hydrogens (tertiary/aromatic N) is 1. The molecule has 2 aromatic carbocycles. The molecule has 3 aliphatic rings. The summed E-state index contributed by atoms with van der Waals surface area (Å²) < 4.78 is 13.8. The van der Waals surface area contributed by atoms with Gasteiger partial charge in [0.2, 0.25) is 11.8 Å². The number of benzene rings is 2. The number of aryl methyl sites for hydroxylation is 1. The van der Waals surface area contributed by atoms with Gasteiger partial charge in [0.05, 0.1) is 22.3 Å². The molecule has 1 saturated heterocycles. The van der Waals surface area contributed by atoms with Crippen molar-refractivity contribution in [2.45, 2.75) is 52.0 Å². The number of anilines is 2. The van der Waals surface area contributed by atoms with E-state index in [4.69, 9.17) is 0 Å². The molecule has 4 heterocycles. The number of hydrogen-bond acceptors (Lipinski definition) is 7. The summed E-state index contributed by atoms with van der Waals surface area (Å²) in [5.74, 6) is -3.19. The second-order valence-electron chi connectivity index (χ2n) is 11.8. The van der Waals surface area contributed by atoms with E-state index in [9.17, 15) is 33.2 Å². The summed E-state index contributed by atoms with van der Waals surface area (Å²) in [6.07, 6.45) is 4.12. The average molecular weight is 641 g/mol. The molecule has 3 aliphatic heterocycles. The smallest absolute Gasteiger partial charge is 0.262 e. The maximum absolute atomic E-state index is 13.8. The van der Waals surface area contributed by atoms with E-state index in [0.29, 0.717) is 58.1 Å². The van der Waals surface area contributed by atoms with Gasteiger partial charge in [0.15, 0.2) is 0 Å². The summed E-state index contributed by atoms with van der Waals surface area (Å²) in [6.45, 7) is 4.64. The van der Waals surface area contributed by atoms with Crippen LogP contribution in [0.2, 0.25) is 0 Å². The van der Waals surface area contributed by atoms with Gasteiger partial charge in [-0.1, -0.05) is 0 Å². The van der Waals surface area contributed by atoms with Gasteiger partial charge in [-0.2, -0.15) is 0 Å². The third kappa shape index (κ3) is 6.03. The van der Waals surface area contributed by atoms with Crippen molar-refractivity contribution in [3.63, 3.8) is 0 Å². The van der Waals surface area contributed by atoms with E-state index < -0.39 is 35.5 Å².